The number of rotatable bonds is 3. The van der Waals surface area contributed by atoms with E-state index >= 15 is 0 Å². The molecule has 0 bridgehead atoms. The molecule has 1 saturated heterocycles. The Kier molecular flexibility index (Phi) is 4.31. The van der Waals surface area contributed by atoms with E-state index in [1.54, 1.807) is 12.4 Å². The van der Waals surface area contributed by atoms with Crippen LogP contribution >= 0.6 is 11.8 Å². The van der Waals surface area contributed by atoms with Crippen molar-refractivity contribution in [3.05, 3.63) is 30.1 Å². The number of amides is 1. The molecular formula is C13H16N4OS. The summed E-state index contributed by atoms with van der Waals surface area (Å²) in [5.74, 6) is 0.290. The summed E-state index contributed by atoms with van der Waals surface area (Å²) >= 11 is 1.43. The second-order valence-electron chi connectivity index (χ2n) is 4.60. The Morgan fingerprint density at radius 1 is 1.42 bits per heavy atom. The molecule has 1 aliphatic heterocycles. The summed E-state index contributed by atoms with van der Waals surface area (Å²) in [6.07, 6.45) is 3.42. The molecule has 0 aromatic carbocycles. The van der Waals surface area contributed by atoms with Gasteiger partial charge in [0.25, 0.3) is 0 Å². The number of carbonyl (C=O) groups excluding carboxylic acids is 1. The number of pyridine rings is 1. The van der Waals surface area contributed by atoms with Gasteiger partial charge in [-0.3, -0.25) is 9.78 Å². The molecule has 0 saturated carbocycles. The van der Waals surface area contributed by atoms with E-state index in [9.17, 15) is 4.79 Å². The predicted octanol–water partition coefficient (Wildman–Crippen LogP) is 2.05. The minimum atomic E-state index is -0.0739. The van der Waals surface area contributed by atoms with Crippen LogP contribution in [-0.4, -0.2) is 27.0 Å². The van der Waals surface area contributed by atoms with Gasteiger partial charge in [-0.05, 0) is 25.0 Å². The molecule has 0 radical (unpaired) electrons. The van der Waals surface area contributed by atoms with Gasteiger partial charge in [0.2, 0.25) is 5.91 Å². The van der Waals surface area contributed by atoms with Gasteiger partial charge in [-0.25, -0.2) is 0 Å². The number of hydrogen-bond acceptors (Lipinski definition) is 5. The largest absolute Gasteiger partial charge is 0.303 e. The number of thioether (sulfide) groups is 1. The standard InChI is InChI=1S/C13H16N4OS/c1-8(2)11-12(18)15-13(19-11)17-16-9(3)10-4-6-14-7-5-10/h4-8,11H,1-3H3,(H,15,17,18)/b16-9+. The van der Waals surface area contributed by atoms with Gasteiger partial charge in [0.15, 0.2) is 5.17 Å². The van der Waals surface area contributed by atoms with Crippen molar-refractivity contribution in [2.24, 2.45) is 16.1 Å². The van der Waals surface area contributed by atoms with E-state index in [-0.39, 0.29) is 17.1 Å². The quantitative estimate of drug-likeness (QED) is 0.678. The van der Waals surface area contributed by atoms with Crippen LogP contribution in [0, 0.1) is 5.92 Å². The predicted molar refractivity (Wildman–Crippen MR) is 78.2 cm³/mol. The highest BCUT2D eigenvalue weighted by Crippen LogP contribution is 2.25. The smallest absolute Gasteiger partial charge is 0.239 e. The van der Waals surface area contributed by atoms with E-state index in [2.05, 4.69) is 20.5 Å². The first-order chi connectivity index (χ1) is 9.08. The third kappa shape index (κ3) is 3.41. The average molecular weight is 276 g/mol. The number of aromatic nitrogens is 1. The van der Waals surface area contributed by atoms with Crippen molar-refractivity contribution in [1.29, 1.82) is 0 Å². The average Bonchev–Trinajstić information content (AvgIpc) is 2.78. The molecule has 1 aromatic rings. The molecule has 1 aliphatic rings. The highest BCUT2D eigenvalue weighted by molar-refractivity contribution is 8.15. The van der Waals surface area contributed by atoms with Crippen LogP contribution in [0.4, 0.5) is 0 Å². The highest BCUT2D eigenvalue weighted by Gasteiger charge is 2.32. The maximum Gasteiger partial charge on any atom is 0.239 e. The highest BCUT2D eigenvalue weighted by atomic mass is 32.2. The van der Waals surface area contributed by atoms with Gasteiger partial charge in [0, 0.05) is 18.0 Å². The maximum absolute atomic E-state index is 11.7. The SMILES string of the molecule is C/C(=N\N=C1/NC(=O)C(C(C)C)S1)c1ccncc1. The van der Waals surface area contributed by atoms with Gasteiger partial charge in [0.05, 0.1) is 11.0 Å². The summed E-state index contributed by atoms with van der Waals surface area (Å²) in [6, 6.07) is 3.74. The first kappa shape index (κ1) is 13.7. The second kappa shape index (κ2) is 5.97. The second-order valence-corrected chi connectivity index (χ2v) is 5.73. The Morgan fingerprint density at radius 3 is 2.68 bits per heavy atom. The Balaban J connectivity index is 2.10. The number of nitrogens with zero attached hydrogens (tertiary/aromatic N) is 3. The van der Waals surface area contributed by atoms with Crippen LogP contribution in [-0.2, 0) is 4.79 Å². The molecule has 1 unspecified atom stereocenters. The van der Waals surface area contributed by atoms with E-state index in [1.807, 2.05) is 32.9 Å². The summed E-state index contributed by atoms with van der Waals surface area (Å²) in [5, 5.41) is 11.5. The topological polar surface area (TPSA) is 66.7 Å². The molecule has 1 N–H and O–H groups in total. The Morgan fingerprint density at radius 2 is 2.11 bits per heavy atom. The third-order valence-electron chi connectivity index (χ3n) is 2.72. The number of carbonyl (C=O) groups is 1. The summed E-state index contributed by atoms with van der Waals surface area (Å²) in [7, 11) is 0. The number of hydrogen-bond donors (Lipinski definition) is 1. The summed E-state index contributed by atoms with van der Waals surface area (Å²) in [5.41, 5.74) is 1.76. The fourth-order valence-electron chi connectivity index (χ4n) is 1.64. The molecule has 19 heavy (non-hydrogen) atoms. The lowest BCUT2D eigenvalue weighted by Gasteiger charge is -2.07. The summed E-state index contributed by atoms with van der Waals surface area (Å²) in [4.78, 5) is 15.6. The summed E-state index contributed by atoms with van der Waals surface area (Å²) in [6.45, 7) is 5.91. The maximum atomic E-state index is 11.7. The molecule has 0 spiro atoms. The van der Waals surface area contributed by atoms with Gasteiger partial charge in [0.1, 0.15) is 0 Å². The van der Waals surface area contributed by atoms with Gasteiger partial charge >= 0.3 is 0 Å². The monoisotopic (exact) mass is 276 g/mol. The first-order valence-corrected chi connectivity index (χ1v) is 6.96. The lowest BCUT2D eigenvalue weighted by atomic mass is 10.1. The molecule has 0 aliphatic carbocycles. The van der Waals surface area contributed by atoms with E-state index in [1.165, 1.54) is 11.8 Å². The minimum Gasteiger partial charge on any atom is -0.303 e. The first-order valence-electron chi connectivity index (χ1n) is 6.08. The van der Waals surface area contributed by atoms with Crippen molar-refractivity contribution < 1.29 is 4.79 Å². The van der Waals surface area contributed by atoms with Crippen molar-refractivity contribution >= 4 is 28.5 Å². The van der Waals surface area contributed by atoms with Crippen LogP contribution in [0.1, 0.15) is 26.3 Å². The Hall–Kier alpha value is -1.69. The molecule has 5 nitrogen and oxygen atoms in total. The van der Waals surface area contributed by atoms with E-state index in [4.69, 9.17) is 0 Å². The zero-order valence-corrected chi connectivity index (χ0v) is 11.9. The molecule has 100 valence electrons. The van der Waals surface area contributed by atoms with Gasteiger partial charge in [-0.1, -0.05) is 25.6 Å². The fraction of sp³-hybridized carbons (Fsp3) is 0.385. The minimum absolute atomic E-state index is 0.00974. The van der Waals surface area contributed by atoms with E-state index < -0.39 is 0 Å². The molecule has 1 aromatic heterocycles. The van der Waals surface area contributed by atoms with Crippen LogP contribution in [0.5, 0.6) is 0 Å². The van der Waals surface area contributed by atoms with Crippen LogP contribution in [0.25, 0.3) is 0 Å². The van der Waals surface area contributed by atoms with Crippen molar-refractivity contribution in [3.63, 3.8) is 0 Å². The van der Waals surface area contributed by atoms with Gasteiger partial charge < -0.3 is 5.32 Å². The van der Waals surface area contributed by atoms with Gasteiger partial charge in [-0.15, -0.1) is 5.10 Å². The van der Waals surface area contributed by atoms with Crippen molar-refractivity contribution in [2.75, 3.05) is 0 Å². The molecule has 1 amide bonds. The van der Waals surface area contributed by atoms with Gasteiger partial charge in [-0.2, -0.15) is 5.10 Å². The number of nitrogens with one attached hydrogen (secondary N) is 1. The molecule has 2 rings (SSSR count). The van der Waals surface area contributed by atoms with Crippen LogP contribution in [0.2, 0.25) is 0 Å². The zero-order valence-electron chi connectivity index (χ0n) is 11.1. The number of amidine groups is 1. The molecule has 2 heterocycles. The lowest BCUT2D eigenvalue weighted by Crippen LogP contribution is -2.27. The zero-order chi connectivity index (χ0) is 13.8. The molecular weight excluding hydrogens is 260 g/mol. The fourth-order valence-corrected chi connectivity index (χ4v) is 2.56. The van der Waals surface area contributed by atoms with E-state index in [0.29, 0.717) is 5.17 Å². The van der Waals surface area contributed by atoms with Crippen molar-refractivity contribution in [2.45, 2.75) is 26.0 Å². The molecule has 1 atom stereocenters. The van der Waals surface area contributed by atoms with Crippen LogP contribution < -0.4 is 5.32 Å². The van der Waals surface area contributed by atoms with Crippen LogP contribution in [0.3, 0.4) is 0 Å². The lowest BCUT2D eigenvalue weighted by molar-refractivity contribution is -0.119. The normalized spacial score (nSPS) is 22.1. The Labute approximate surface area is 116 Å². The van der Waals surface area contributed by atoms with Crippen LogP contribution in [0.15, 0.2) is 34.7 Å². The third-order valence-corrected chi connectivity index (χ3v) is 4.14. The van der Waals surface area contributed by atoms with Crippen molar-refractivity contribution in [3.8, 4) is 0 Å². The molecule has 6 heteroatoms. The molecule has 1 fully saturated rings. The van der Waals surface area contributed by atoms with E-state index in [0.717, 1.165) is 11.3 Å². The Bertz CT molecular complexity index is 525. The summed E-state index contributed by atoms with van der Waals surface area (Å²) < 4.78 is 0. The van der Waals surface area contributed by atoms with Crippen molar-refractivity contribution in [1.82, 2.24) is 10.3 Å².